The molecule has 1 aromatic carbocycles. The third-order valence-corrected chi connectivity index (χ3v) is 4.70. The summed E-state index contributed by atoms with van der Waals surface area (Å²) in [6.45, 7) is 14.9. The summed E-state index contributed by atoms with van der Waals surface area (Å²) < 4.78 is 31.7. The number of carbonyl (C=O) groups excluding carboxylic acids is 1. The lowest BCUT2D eigenvalue weighted by atomic mass is 9.77. The van der Waals surface area contributed by atoms with Crippen LogP contribution in [0.5, 0.6) is 0 Å². The van der Waals surface area contributed by atoms with E-state index in [9.17, 15) is 9.18 Å². The molecule has 1 aromatic rings. The molecule has 0 aromatic heterocycles. The standard InChI is InChI=1S/C19H29BFNO4/c1-12-9-14(20-25-18(5,6)19(7,8)26-20)10-13(15(12)21)11-22-16(23)24-17(2,3)4/h9-10H,11H2,1-8H3,(H,22,23). The van der Waals surface area contributed by atoms with Crippen LogP contribution >= 0.6 is 0 Å². The summed E-state index contributed by atoms with van der Waals surface area (Å²) in [5, 5.41) is 2.59. The minimum atomic E-state index is -0.608. The zero-order valence-electron chi connectivity index (χ0n) is 17.0. The minimum absolute atomic E-state index is 0.0228. The van der Waals surface area contributed by atoms with Crippen molar-refractivity contribution in [3.8, 4) is 0 Å². The van der Waals surface area contributed by atoms with E-state index >= 15 is 0 Å². The molecule has 1 amide bonds. The maximum absolute atomic E-state index is 14.5. The third kappa shape index (κ3) is 4.57. The van der Waals surface area contributed by atoms with E-state index in [1.54, 1.807) is 39.8 Å². The fraction of sp³-hybridized carbons (Fsp3) is 0.632. The van der Waals surface area contributed by atoms with Gasteiger partial charge in [0.15, 0.2) is 0 Å². The van der Waals surface area contributed by atoms with Crippen molar-refractivity contribution in [1.29, 1.82) is 0 Å². The van der Waals surface area contributed by atoms with Gasteiger partial charge in [-0.1, -0.05) is 12.1 Å². The number of hydrogen-bond donors (Lipinski definition) is 1. The van der Waals surface area contributed by atoms with Crippen LogP contribution in [0.2, 0.25) is 0 Å². The maximum atomic E-state index is 14.5. The predicted molar refractivity (Wildman–Crippen MR) is 99.9 cm³/mol. The highest BCUT2D eigenvalue weighted by Gasteiger charge is 2.51. The van der Waals surface area contributed by atoms with E-state index < -0.39 is 30.0 Å². The van der Waals surface area contributed by atoms with E-state index in [0.717, 1.165) is 5.46 Å². The molecule has 5 nitrogen and oxygen atoms in total. The molecule has 144 valence electrons. The normalized spacial score (nSPS) is 18.7. The Morgan fingerprint density at radius 2 is 1.73 bits per heavy atom. The fourth-order valence-electron chi connectivity index (χ4n) is 2.60. The second kappa shape index (κ2) is 6.85. The third-order valence-electron chi connectivity index (χ3n) is 4.70. The van der Waals surface area contributed by atoms with Gasteiger partial charge in [0.25, 0.3) is 0 Å². The molecule has 0 unspecified atom stereocenters. The molecule has 0 aliphatic carbocycles. The Kier molecular flexibility index (Phi) is 5.46. The second-order valence-corrected chi connectivity index (χ2v) is 8.75. The van der Waals surface area contributed by atoms with Crippen molar-refractivity contribution < 1.29 is 23.2 Å². The molecule has 1 fully saturated rings. The van der Waals surface area contributed by atoms with Crippen molar-refractivity contribution in [3.63, 3.8) is 0 Å². The van der Waals surface area contributed by atoms with E-state index in [0.29, 0.717) is 11.1 Å². The lowest BCUT2D eigenvalue weighted by molar-refractivity contribution is 0.00578. The Morgan fingerprint density at radius 3 is 2.23 bits per heavy atom. The van der Waals surface area contributed by atoms with Crippen LogP contribution in [-0.2, 0) is 20.6 Å². The summed E-state index contributed by atoms with van der Waals surface area (Å²) in [7, 11) is -0.584. The van der Waals surface area contributed by atoms with E-state index in [2.05, 4.69) is 5.32 Å². The van der Waals surface area contributed by atoms with Crippen LogP contribution in [0.15, 0.2) is 12.1 Å². The summed E-state index contributed by atoms with van der Waals surface area (Å²) in [6.07, 6.45) is -0.587. The highest BCUT2D eigenvalue weighted by atomic mass is 19.1. The summed E-state index contributed by atoms with van der Waals surface area (Å²) >= 11 is 0. The van der Waals surface area contributed by atoms with E-state index in [1.807, 2.05) is 27.7 Å². The van der Waals surface area contributed by atoms with Crippen LogP contribution in [0.1, 0.15) is 59.6 Å². The maximum Gasteiger partial charge on any atom is 0.494 e. The van der Waals surface area contributed by atoms with E-state index in [1.165, 1.54) is 0 Å². The molecule has 0 saturated carbocycles. The number of halogens is 1. The van der Waals surface area contributed by atoms with Crippen molar-refractivity contribution in [2.75, 3.05) is 0 Å². The average Bonchev–Trinajstić information content (AvgIpc) is 2.67. The molecule has 1 heterocycles. The molecular formula is C19H29BFNO4. The topological polar surface area (TPSA) is 56.8 Å². The van der Waals surface area contributed by atoms with Gasteiger partial charge in [-0.3, -0.25) is 0 Å². The summed E-state index contributed by atoms with van der Waals surface area (Å²) in [4.78, 5) is 11.8. The van der Waals surface area contributed by atoms with E-state index in [-0.39, 0.29) is 12.4 Å². The molecule has 0 bridgehead atoms. The number of rotatable bonds is 3. The summed E-state index contributed by atoms with van der Waals surface area (Å²) in [5.41, 5.74) is -0.00495. The van der Waals surface area contributed by atoms with Gasteiger partial charge in [0, 0.05) is 12.1 Å². The Morgan fingerprint density at radius 1 is 1.19 bits per heavy atom. The van der Waals surface area contributed by atoms with Gasteiger partial charge in [-0.05, 0) is 66.4 Å². The van der Waals surface area contributed by atoms with Gasteiger partial charge in [-0.25, -0.2) is 9.18 Å². The SMILES string of the molecule is Cc1cc(B2OC(C)(C)C(C)(C)O2)cc(CNC(=O)OC(C)(C)C)c1F. The van der Waals surface area contributed by atoms with Crippen LogP contribution in [0.3, 0.4) is 0 Å². The lowest BCUT2D eigenvalue weighted by Crippen LogP contribution is -2.41. The van der Waals surface area contributed by atoms with Gasteiger partial charge < -0.3 is 19.4 Å². The highest BCUT2D eigenvalue weighted by Crippen LogP contribution is 2.36. The van der Waals surface area contributed by atoms with Gasteiger partial charge >= 0.3 is 13.2 Å². The molecule has 1 aliphatic heterocycles. The average molecular weight is 365 g/mol. The first kappa shape index (κ1) is 20.7. The number of amides is 1. The Hall–Kier alpha value is -1.60. The van der Waals surface area contributed by atoms with Crippen LogP contribution in [-0.4, -0.2) is 30.0 Å². The first-order valence-corrected chi connectivity index (χ1v) is 8.83. The van der Waals surface area contributed by atoms with Gasteiger partial charge in [0.1, 0.15) is 11.4 Å². The Bertz CT molecular complexity index is 682. The number of ether oxygens (including phenoxy) is 1. The van der Waals surface area contributed by atoms with Crippen LogP contribution < -0.4 is 10.8 Å². The minimum Gasteiger partial charge on any atom is -0.444 e. The molecule has 1 saturated heterocycles. The van der Waals surface area contributed by atoms with Crippen LogP contribution in [0.4, 0.5) is 9.18 Å². The van der Waals surface area contributed by atoms with Gasteiger partial charge in [0.05, 0.1) is 11.2 Å². The van der Waals surface area contributed by atoms with Crippen molar-refractivity contribution >= 4 is 18.7 Å². The number of alkyl carbamates (subject to hydrolysis) is 1. The number of benzene rings is 1. The quantitative estimate of drug-likeness (QED) is 0.834. The molecule has 26 heavy (non-hydrogen) atoms. The first-order valence-electron chi connectivity index (χ1n) is 8.83. The largest absolute Gasteiger partial charge is 0.494 e. The molecule has 7 heteroatoms. The lowest BCUT2D eigenvalue weighted by Gasteiger charge is -2.32. The molecule has 0 radical (unpaired) electrons. The molecule has 1 N–H and O–H groups in total. The summed E-state index contributed by atoms with van der Waals surface area (Å²) in [5.74, 6) is -0.360. The zero-order chi connectivity index (χ0) is 19.9. The predicted octanol–water partition coefficient (Wildman–Crippen LogP) is 3.46. The number of carbonyl (C=O) groups is 1. The van der Waals surface area contributed by atoms with Gasteiger partial charge in [0.2, 0.25) is 0 Å². The number of hydrogen-bond acceptors (Lipinski definition) is 4. The van der Waals surface area contributed by atoms with Crippen LogP contribution in [0.25, 0.3) is 0 Å². The van der Waals surface area contributed by atoms with E-state index in [4.69, 9.17) is 14.0 Å². The Labute approximate surface area is 155 Å². The smallest absolute Gasteiger partial charge is 0.444 e. The van der Waals surface area contributed by atoms with Crippen molar-refractivity contribution in [3.05, 3.63) is 29.1 Å². The second-order valence-electron chi connectivity index (χ2n) is 8.75. The number of aryl methyl sites for hydroxylation is 1. The van der Waals surface area contributed by atoms with Crippen molar-refractivity contribution in [2.45, 2.75) is 78.7 Å². The van der Waals surface area contributed by atoms with Crippen molar-refractivity contribution in [2.24, 2.45) is 0 Å². The molecule has 0 atom stereocenters. The monoisotopic (exact) mass is 365 g/mol. The molecule has 0 spiro atoms. The fourth-order valence-corrected chi connectivity index (χ4v) is 2.60. The van der Waals surface area contributed by atoms with Crippen LogP contribution in [0, 0.1) is 12.7 Å². The highest BCUT2D eigenvalue weighted by molar-refractivity contribution is 6.62. The Balaban J connectivity index is 2.18. The number of nitrogens with one attached hydrogen (secondary N) is 1. The van der Waals surface area contributed by atoms with Gasteiger partial charge in [-0.2, -0.15) is 0 Å². The van der Waals surface area contributed by atoms with Gasteiger partial charge in [-0.15, -0.1) is 0 Å². The molecular weight excluding hydrogens is 336 g/mol. The first-order chi connectivity index (χ1) is 11.7. The summed E-state index contributed by atoms with van der Waals surface area (Å²) in [6, 6.07) is 3.39. The molecule has 1 aliphatic rings. The zero-order valence-corrected chi connectivity index (χ0v) is 17.0. The molecule has 2 rings (SSSR count). The van der Waals surface area contributed by atoms with Crippen molar-refractivity contribution in [1.82, 2.24) is 5.32 Å².